The van der Waals surface area contributed by atoms with E-state index in [2.05, 4.69) is 5.32 Å². The number of nitrogens with zero attached hydrogens (tertiary/aromatic N) is 1. The van der Waals surface area contributed by atoms with Gasteiger partial charge in [-0.15, -0.1) is 0 Å². The fourth-order valence-electron chi connectivity index (χ4n) is 2.43. The van der Waals surface area contributed by atoms with E-state index < -0.39 is 0 Å². The van der Waals surface area contributed by atoms with Crippen molar-refractivity contribution < 1.29 is 14.7 Å². The van der Waals surface area contributed by atoms with Crippen molar-refractivity contribution in [1.82, 2.24) is 10.2 Å². The molecular weight excluding hydrogens is 316 g/mol. The number of carbonyl (C=O) groups is 2. The molecular formula is C20H24N2O3. The molecule has 0 aliphatic carbocycles. The molecule has 0 unspecified atom stereocenters. The molecule has 5 nitrogen and oxygen atoms in total. The molecule has 0 saturated carbocycles. The lowest BCUT2D eigenvalue weighted by molar-refractivity contribution is 0.0716. The number of aliphatic hydroxyl groups excluding tert-OH is 1. The van der Waals surface area contributed by atoms with Gasteiger partial charge in [-0.05, 0) is 38.1 Å². The zero-order valence-electron chi connectivity index (χ0n) is 14.7. The van der Waals surface area contributed by atoms with Crippen molar-refractivity contribution in [2.75, 3.05) is 26.2 Å². The molecule has 2 aromatic rings. The van der Waals surface area contributed by atoms with Crippen molar-refractivity contribution in [3.63, 3.8) is 0 Å². The van der Waals surface area contributed by atoms with E-state index in [4.69, 9.17) is 0 Å². The van der Waals surface area contributed by atoms with Gasteiger partial charge >= 0.3 is 0 Å². The number of rotatable bonds is 7. The molecule has 0 spiro atoms. The molecule has 0 aliphatic heterocycles. The third-order valence-corrected chi connectivity index (χ3v) is 3.94. The summed E-state index contributed by atoms with van der Waals surface area (Å²) < 4.78 is 0. The van der Waals surface area contributed by atoms with E-state index in [0.29, 0.717) is 24.2 Å². The molecule has 25 heavy (non-hydrogen) atoms. The number of aliphatic hydroxyl groups is 1. The first-order valence-electron chi connectivity index (χ1n) is 8.33. The van der Waals surface area contributed by atoms with Crippen molar-refractivity contribution >= 4 is 11.8 Å². The molecule has 0 aromatic heterocycles. The smallest absolute Gasteiger partial charge is 0.253 e. The zero-order valence-corrected chi connectivity index (χ0v) is 14.7. The fraction of sp³-hybridized carbons (Fsp3) is 0.300. The Morgan fingerprint density at radius 1 is 0.880 bits per heavy atom. The van der Waals surface area contributed by atoms with Crippen molar-refractivity contribution in [1.29, 1.82) is 0 Å². The van der Waals surface area contributed by atoms with Gasteiger partial charge in [0.05, 0.1) is 6.61 Å². The number of hydrogen-bond acceptors (Lipinski definition) is 3. The van der Waals surface area contributed by atoms with Crippen molar-refractivity contribution in [2.24, 2.45) is 0 Å². The highest BCUT2D eigenvalue weighted by atomic mass is 16.3. The largest absolute Gasteiger partial charge is 0.395 e. The summed E-state index contributed by atoms with van der Waals surface area (Å²) in [5, 5.41) is 12.0. The Morgan fingerprint density at radius 3 is 1.92 bits per heavy atom. The van der Waals surface area contributed by atoms with Crippen LogP contribution in [-0.2, 0) is 0 Å². The van der Waals surface area contributed by atoms with E-state index in [0.717, 1.165) is 11.1 Å². The molecule has 2 aromatic carbocycles. The number of benzene rings is 2. The van der Waals surface area contributed by atoms with Gasteiger partial charge < -0.3 is 15.3 Å². The third kappa shape index (κ3) is 5.43. The summed E-state index contributed by atoms with van der Waals surface area (Å²) in [5.41, 5.74) is 3.33. The van der Waals surface area contributed by atoms with E-state index >= 15 is 0 Å². The van der Waals surface area contributed by atoms with Crippen molar-refractivity contribution in [3.05, 3.63) is 70.8 Å². The number of amides is 2. The lowest BCUT2D eigenvalue weighted by Crippen LogP contribution is -2.40. The molecule has 2 N–H and O–H groups in total. The van der Waals surface area contributed by atoms with Gasteiger partial charge in [-0.1, -0.05) is 35.4 Å². The lowest BCUT2D eigenvalue weighted by Gasteiger charge is -2.22. The molecule has 0 radical (unpaired) electrons. The van der Waals surface area contributed by atoms with Gasteiger partial charge in [-0.25, -0.2) is 0 Å². The van der Waals surface area contributed by atoms with Crippen LogP contribution >= 0.6 is 0 Å². The Hall–Kier alpha value is -2.66. The number of aryl methyl sites for hydroxylation is 2. The van der Waals surface area contributed by atoms with Crippen LogP contribution in [0.3, 0.4) is 0 Å². The second-order valence-corrected chi connectivity index (χ2v) is 6.00. The first kappa shape index (κ1) is 18.7. The average molecular weight is 340 g/mol. The number of carbonyl (C=O) groups excluding carboxylic acids is 2. The second kappa shape index (κ2) is 8.99. The number of hydrogen-bond donors (Lipinski definition) is 2. The maximum absolute atomic E-state index is 12.5. The maximum atomic E-state index is 12.5. The first-order chi connectivity index (χ1) is 12.0. The van der Waals surface area contributed by atoms with Gasteiger partial charge in [0.1, 0.15) is 0 Å². The highest BCUT2D eigenvalue weighted by molar-refractivity contribution is 5.95. The Kier molecular flexibility index (Phi) is 6.71. The highest BCUT2D eigenvalue weighted by Crippen LogP contribution is 2.07. The standard InChI is InChI=1S/C20H24N2O3/c1-15-3-7-17(8-4-15)19(24)21-11-12-22(13-14-23)20(25)18-9-5-16(2)6-10-18/h3-10,23H,11-14H2,1-2H3,(H,21,24). The summed E-state index contributed by atoms with van der Waals surface area (Å²) in [6.45, 7) is 4.69. The Balaban J connectivity index is 1.92. The summed E-state index contributed by atoms with van der Waals surface area (Å²) in [6.07, 6.45) is 0. The predicted molar refractivity (Wildman–Crippen MR) is 97.7 cm³/mol. The van der Waals surface area contributed by atoms with E-state index in [9.17, 15) is 14.7 Å². The topological polar surface area (TPSA) is 69.6 Å². The summed E-state index contributed by atoms with van der Waals surface area (Å²) in [6, 6.07) is 14.6. The maximum Gasteiger partial charge on any atom is 0.253 e. The van der Waals surface area contributed by atoms with E-state index in [1.807, 2.05) is 38.1 Å². The number of nitrogens with one attached hydrogen (secondary N) is 1. The minimum absolute atomic E-state index is 0.122. The SMILES string of the molecule is Cc1ccc(C(=O)NCCN(CCO)C(=O)c2ccc(C)cc2)cc1. The van der Waals surface area contributed by atoms with Crippen molar-refractivity contribution in [3.8, 4) is 0 Å². The highest BCUT2D eigenvalue weighted by Gasteiger charge is 2.15. The Labute approximate surface area is 148 Å². The van der Waals surface area contributed by atoms with Gasteiger partial charge in [0.2, 0.25) is 0 Å². The van der Waals surface area contributed by atoms with Gasteiger partial charge in [0.15, 0.2) is 0 Å². The van der Waals surface area contributed by atoms with Crippen LogP contribution in [0.1, 0.15) is 31.8 Å². The monoisotopic (exact) mass is 340 g/mol. The normalized spacial score (nSPS) is 10.4. The van der Waals surface area contributed by atoms with Crippen LogP contribution in [-0.4, -0.2) is 48.1 Å². The van der Waals surface area contributed by atoms with Crippen molar-refractivity contribution in [2.45, 2.75) is 13.8 Å². The fourth-order valence-corrected chi connectivity index (χ4v) is 2.43. The van der Waals surface area contributed by atoms with E-state index in [1.54, 1.807) is 29.2 Å². The van der Waals surface area contributed by atoms with Crippen LogP contribution in [0.2, 0.25) is 0 Å². The quantitative estimate of drug-likeness (QED) is 0.811. The summed E-state index contributed by atoms with van der Waals surface area (Å²) in [4.78, 5) is 26.2. The van der Waals surface area contributed by atoms with Crippen LogP contribution in [0, 0.1) is 13.8 Å². The zero-order chi connectivity index (χ0) is 18.2. The van der Waals surface area contributed by atoms with Gasteiger partial charge in [-0.2, -0.15) is 0 Å². The van der Waals surface area contributed by atoms with Gasteiger partial charge in [0, 0.05) is 30.8 Å². The molecule has 0 atom stereocenters. The minimum Gasteiger partial charge on any atom is -0.395 e. The van der Waals surface area contributed by atoms with Gasteiger partial charge in [-0.3, -0.25) is 9.59 Å². The Morgan fingerprint density at radius 2 is 1.40 bits per heavy atom. The lowest BCUT2D eigenvalue weighted by atomic mass is 10.1. The summed E-state index contributed by atoms with van der Waals surface area (Å²) in [5.74, 6) is -0.328. The molecule has 2 amide bonds. The molecule has 0 bridgehead atoms. The summed E-state index contributed by atoms with van der Waals surface area (Å²) in [7, 11) is 0. The molecule has 5 heteroatoms. The van der Waals surface area contributed by atoms with Crippen LogP contribution in [0.4, 0.5) is 0 Å². The first-order valence-corrected chi connectivity index (χ1v) is 8.33. The molecule has 132 valence electrons. The molecule has 0 aliphatic rings. The third-order valence-electron chi connectivity index (χ3n) is 3.94. The summed E-state index contributed by atoms with van der Waals surface area (Å²) >= 11 is 0. The molecule has 2 rings (SSSR count). The van der Waals surface area contributed by atoms with E-state index in [1.165, 1.54) is 0 Å². The molecule has 0 saturated heterocycles. The molecule has 0 fully saturated rings. The van der Waals surface area contributed by atoms with Crippen LogP contribution in [0.15, 0.2) is 48.5 Å². The van der Waals surface area contributed by atoms with Crippen LogP contribution in [0.5, 0.6) is 0 Å². The Bertz CT molecular complexity index is 709. The predicted octanol–water partition coefficient (Wildman–Crippen LogP) is 2.17. The van der Waals surface area contributed by atoms with Crippen LogP contribution < -0.4 is 5.32 Å². The average Bonchev–Trinajstić information content (AvgIpc) is 2.61. The van der Waals surface area contributed by atoms with E-state index in [-0.39, 0.29) is 25.0 Å². The second-order valence-electron chi connectivity index (χ2n) is 6.00. The van der Waals surface area contributed by atoms with Crippen LogP contribution in [0.25, 0.3) is 0 Å². The van der Waals surface area contributed by atoms with Gasteiger partial charge in [0.25, 0.3) is 11.8 Å². The molecule has 0 heterocycles. The minimum atomic E-state index is -0.174.